The maximum Gasteiger partial charge on any atom is 0.329 e. The van der Waals surface area contributed by atoms with E-state index >= 15 is 0 Å². The van der Waals surface area contributed by atoms with Crippen LogP contribution in [-0.4, -0.2) is 18.3 Å². The van der Waals surface area contributed by atoms with Gasteiger partial charge >= 0.3 is 5.92 Å². The summed E-state index contributed by atoms with van der Waals surface area (Å²) >= 11 is 5.32. The summed E-state index contributed by atoms with van der Waals surface area (Å²) in [5.74, 6) is -3.54. The van der Waals surface area contributed by atoms with Crippen LogP contribution >= 0.6 is 11.6 Å². The van der Waals surface area contributed by atoms with Crippen molar-refractivity contribution in [1.29, 1.82) is 0 Å². The molecule has 100 valence electrons. The van der Waals surface area contributed by atoms with E-state index in [1.165, 1.54) is 25.3 Å². The van der Waals surface area contributed by atoms with Crippen molar-refractivity contribution in [1.82, 2.24) is 0 Å². The van der Waals surface area contributed by atoms with E-state index in [0.717, 1.165) is 6.08 Å². The Kier molecular flexibility index (Phi) is 3.32. The molecule has 1 aromatic carbocycles. The van der Waals surface area contributed by atoms with Crippen LogP contribution in [-0.2, 0) is 0 Å². The molecule has 0 radical (unpaired) electrons. The fourth-order valence-corrected chi connectivity index (χ4v) is 1.63. The van der Waals surface area contributed by atoms with Crippen molar-refractivity contribution in [2.24, 2.45) is 0 Å². The molecule has 0 unspecified atom stereocenters. The number of halogens is 3. The van der Waals surface area contributed by atoms with Gasteiger partial charge in [0.2, 0.25) is 0 Å². The van der Waals surface area contributed by atoms with Gasteiger partial charge in [0.15, 0.2) is 17.3 Å². The van der Waals surface area contributed by atoms with E-state index in [1.54, 1.807) is 0 Å². The van der Waals surface area contributed by atoms with Crippen molar-refractivity contribution in [3.8, 4) is 11.5 Å². The predicted octanol–water partition coefficient (Wildman–Crippen LogP) is 3.54. The third kappa shape index (κ3) is 2.33. The monoisotopic (exact) mass is 286 g/mol. The maximum atomic E-state index is 13.3. The van der Waals surface area contributed by atoms with Crippen LogP contribution in [0.2, 0.25) is 0 Å². The Morgan fingerprint density at radius 3 is 2.53 bits per heavy atom. The minimum Gasteiger partial charge on any atom is -0.493 e. The molecule has 2 rings (SSSR count). The van der Waals surface area contributed by atoms with E-state index in [0.29, 0.717) is 0 Å². The van der Waals surface area contributed by atoms with Gasteiger partial charge in [0.25, 0.3) is 5.24 Å². The summed E-state index contributed by atoms with van der Waals surface area (Å²) in [4.78, 5) is 11.0. The molecular formula is C13H9ClF2O3. The van der Waals surface area contributed by atoms with Crippen LogP contribution in [0.5, 0.6) is 11.5 Å². The molecule has 0 bridgehead atoms. The zero-order valence-electron chi connectivity index (χ0n) is 9.88. The number of allylic oxidation sites excluding steroid dienone is 2. The van der Waals surface area contributed by atoms with Crippen LogP contribution in [0.15, 0.2) is 42.2 Å². The van der Waals surface area contributed by atoms with Gasteiger partial charge < -0.3 is 9.47 Å². The van der Waals surface area contributed by atoms with E-state index in [1.807, 2.05) is 0 Å². The summed E-state index contributed by atoms with van der Waals surface area (Å²) in [6.07, 6.45) is 1.12. The molecule has 0 spiro atoms. The molecule has 1 aromatic rings. The molecule has 0 aromatic heterocycles. The van der Waals surface area contributed by atoms with Crippen molar-refractivity contribution >= 4 is 16.8 Å². The molecule has 0 atom stereocenters. The van der Waals surface area contributed by atoms with Crippen molar-refractivity contribution in [2.75, 3.05) is 7.11 Å². The van der Waals surface area contributed by atoms with E-state index in [-0.39, 0.29) is 22.6 Å². The second-order valence-electron chi connectivity index (χ2n) is 3.85. The zero-order chi connectivity index (χ0) is 14.2. The number of methoxy groups -OCH3 is 1. The molecule has 0 fully saturated rings. The molecule has 1 aliphatic carbocycles. The Morgan fingerprint density at radius 2 is 2.05 bits per heavy atom. The SMILES string of the molecule is C=C1C=C(Oc2cc(C(=O)Cl)ccc2OC)C1(F)F. The molecule has 1 aliphatic rings. The second kappa shape index (κ2) is 4.66. The van der Waals surface area contributed by atoms with Crippen LogP contribution in [0.3, 0.4) is 0 Å². The molecule has 3 nitrogen and oxygen atoms in total. The summed E-state index contributed by atoms with van der Waals surface area (Å²) in [6, 6.07) is 4.07. The Morgan fingerprint density at radius 1 is 1.37 bits per heavy atom. The molecular weight excluding hydrogens is 278 g/mol. The van der Waals surface area contributed by atoms with Gasteiger partial charge in [-0.05, 0) is 35.9 Å². The smallest absolute Gasteiger partial charge is 0.329 e. The highest BCUT2D eigenvalue weighted by Gasteiger charge is 2.47. The topological polar surface area (TPSA) is 35.5 Å². The van der Waals surface area contributed by atoms with Crippen LogP contribution in [0.25, 0.3) is 0 Å². The average Bonchev–Trinajstić information content (AvgIpc) is 2.38. The molecule has 19 heavy (non-hydrogen) atoms. The van der Waals surface area contributed by atoms with Crippen molar-refractivity contribution < 1.29 is 23.0 Å². The van der Waals surface area contributed by atoms with E-state index in [4.69, 9.17) is 21.1 Å². The summed E-state index contributed by atoms with van der Waals surface area (Å²) in [6.45, 7) is 3.18. The highest BCUT2D eigenvalue weighted by molar-refractivity contribution is 6.67. The summed E-state index contributed by atoms with van der Waals surface area (Å²) in [7, 11) is 1.36. The third-order valence-electron chi connectivity index (χ3n) is 2.63. The number of alkyl halides is 2. The Balaban J connectivity index is 2.34. The van der Waals surface area contributed by atoms with Gasteiger partial charge in [-0.2, -0.15) is 8.78 Å². The lowest BCUT2D eigenvalue weighted by Crippen LogP contribution is -2.32. The minimum atomic E-state index is -3.20. The van der Waals surface area contributed by atoms with Gasteiger partial charge in [-0.3, -0.25) is 4.79 Å². The molecule has 6 heteroatoms. The van der Waals surface area contributed by atoms with Gasteiger partial charge in [0, 0.05) is 11.1 Å². The van der Waals surface area contributed by atoms with Crippen molar-refractivity contribution in [3.63, 3.8) is 0 Å². The second-order valence-corrected chi connectivity index (χ2v) is 4.19. The standard InChI is InChI=1S/C13H9ClF2O3/c1-7-5-11(13(7,15)16)19-10-6-8(12(14)17)3-4-9(10)18-2/h3-6H,1H2,2H3. The lowest BCUT2D eigenvalue weighted by Gasteiger charge is -2.28. The molecule has 0 N–H and O–H groups in total. The zero-order valence-corrected chi connectivity index (χ0v) is 10.6. The van der Waals surface area contributed by atoms with Crippen LogP contribution in [0.4, 0.5) is 8.78 Å². The number of benzene rings is 1. The van der Waals surface area contributed by atoms with Gasteiger partial charge in [-0.1, -0.05) is 6.58 Å². The fourth-order valence-electron chi connectivity index (χ4n) is 1.51. The van der Waals surface area contributed by atoms with E-state index in [2.05, 4.69) is 6.58 Å². The van der Waals surface area contributed by atoms with Crippen LogP contribution in [0.1, 0.15) is 10.4 Å². The minimum absolute atomic E-state index is 0.00701. The fraction of sp³-hybridized carbons (Fsp3) is 0.154. The van der Waals surface area contributed by atoms with Crippen molar-refractivity contribution in [2.45, 2.75) is 5.92 Å². The first-order chi connectivity index (χ1) is 8.86. The van der Waals surface area contributed by atoms with E-state index < -0.39 is 16.9 Å². The number of carbonyl (C=O) groups is 1. The summed E-state index contributed by atoms with van der Waals surface area (Å²) < 4.78 is 36.7. The van der Waals surface area contributed by atoms with Crippen molar-refractivity contribution in [3.05, 3.63) is 47.7 Å². The number of ether oxygens (including phenoxy) is 2. The van der Waals surface area contributed by atoms with Gasteiger partial charge in [0.1, 0.15) is 0 Å². The molecule has 0 saturated heterocycles. The summed E-state index contributed by atoms with van der Waals surface area (Å²) in [5, 5.41) is -0.716. The Labute approximate surface area is 113 Å². The lowest BCUT2D eigenvalue weighted by atomic mass is 9.97. The first-order valence-electron chi connectivity index (χ1n) is 5.21. The Bertz CT molecular complexity index is 594. The molecule has 0 aliphatic heterocycles. The largest absolute Gasteiger partial charge is 0.493 e. The highest BCUT2D eigenvalue weighted by atomic mass is 35.5. The van der Waals surface area contributed by atoms with Gasteiger partial charge in [-0.15, -0.1) is 0 Å². The number of rotatable bonds is 4. The lowest BCUT2D eigenvalue weighted by molar-refractivity contribution is 0.0281. The summed E-state index contributed by atoms with van der Waals surface area (Å²) in [5.41, 5.74) is -0.203. The molecule has 0 heterocycles. The first kappa shape index (κ1) is 13.5. The number of hydrogen-bond acceptors (Lipinski definition) is 3. The van der Waals surface area contributed by atoms with Crippen LogP contribution in [0, 0.1) is 0 Å². The van der Waals surface area contributed by atoms with Crippen LogP contribution < -0.4 is 9.47 Å². The van der Waals surface area contributed by atoms with Gasteiger partial charge in [0.05, 0.1) is 7.11 Å². The predicted molar refractivity (Wildman–Crippen MR) is 66.0 cm³/mol. The quantitative estimate of drug-likeness (QED) is 0.794. The molecule has 0 amide bonds. The Hall–Kier alpha value is -1.88. The first-order valence-corrected chi connectivity index (χ1v) is 5.59. The van der Waals surface area contributed by atoms with Gasteiger partial charge in [-0.25, -0.2) is 0 Å². The molecule has 0 saturated carbocycles. The maximum absolute atomic E-state index is 13.3. The average molecular weight is 287 g/mol. The van der Waals surface area contributed by atoms with E-state index in [9.17, 15) is 13.6 Å². The third-order valence-corrected chi connectivity index (χ3v) is 2.85. The normalized spacial score (nSPS) is 16.4. The number of carbonyl (C=O) groups excluding carboxylic acids is 1. The highest BCUT2D eigenvalue weighted by Crippen LogP contribution is 2.44. The number of hydrogen-bond donors (Lipinski definition) is 0.